The molecule has 2 aromatic heterocycles. The summed E-state index contributed by atoms with van der Waals surface area (Å²) in [5.41, 5.74) is 2.04. The van der Waals surface area contributed by atoms with Crippen LogP contribution < -0.4 is 5.32 Å². The van der Waals surface area contributed by atoms with Crippen molar-refractivity contribution in [2.75, 3.05) is 13.1 Å². The van der Waals surface area contributed by atoms with Crippen LogP contribution in [0.5, 0.6) is 0 Å². The summed E-state index contributed by atoms with van der Waals surface area (Å²) in [7, 11) is 0. The first kappa shape index (κ1) is 20.5. The zero-order valence-electron chi connectivity index (χ0n) is 15.8. The van der Waals surface area contributed by atoms with Crippen LogP contribution in [0.2, 0.25) is 5.15 Å². The third-order valence-electron chi connectivity index (χ3n) is 4.34. The highest BCUT2D eigenvalue weighted by atomic mass is 35.5. The molecule has 2 amide bonds. The van der Waals surface area contributed by atoms with E-state index in [1.165, 1.54) is 23.1 Å². The number of pyridine rings is 1. The Hall–Kier alpha value is -3.19. The second-order valence-corrected chi connectivity index (χ2v) is 6.66. The molecule has 150 valence electrons. The maximum absolute atomic E-state index is 12.9. The first-order chi connectivity index (χ1) is 14.0. The van der Waals surface area contributed by atoms with Crippen molar-refractivity contribution < 1.29 is 14.0 Å². The van der Waals surface area contributed by atoms with Crippen molar-refractivity contribution in [2.24, 2.45) is 0 Å². The molecule has 0 bridgehead atoms. The molecule has 2 heterocycles. The topological polar surface area (TPSA) is 66.7 Å². The Kier molecular flexibility index (Phi) is 6.61. The third-order valence-corrected chi connectivity index (χ3v) is 4.61. The summed E-state index contributed by atoms with van der Waals surface area (Å²) in [5.74, 6) is -0.946. The molecule has 0 radical (unpaired) electrons. The standard InChI is InChI=1S/C21H20ClFN4O2/c1-2-26(14-19(28)24-13-15-6-8-16(23)9-7-15)20(29)11-10-17-21(22)25-18-5-3-4-12-27(17)18/h3-12H,2,13-14H2,1H3,(H,24,28)/b11-10+. The lowest BCUT2D eigenvalue weighted by Gasteiger charge is -2.18. The van der Waals surface area contributed by atoms with Crippen LogP contribution in [-0.2, 0) is 16.1 Å². The SMILES string of the molecule is CCN(CC(=O)NCc1ccc(F)cc1)C(=O)/C=C/c1c(Cl)nc2ccccn12. The zero-order valence-corrected chi connectivity index (χ0v) is 16.6. The van der Waals surface area contributed by atoms with Crippen LogP contribution in [0.3, 0.4) is 0 Å². The fourth-order valence-electron chi connectivity index (χ4n) is 2.77. The van der Waals surface area contributed by atoms with Crippen molar-refractivity contribution in [1.29, 1.82) is 0 Å². The van der Waals surface area contributed by atoms with Crippen LogP contribution in [0.15, 0.2) is 54.7 Å². The molecule has 1 N–H and O–H groups in total. The first-order valence-corrected chi connectivity index (χ1v) is 9.46. The average molecular weight is 415 g/mol. The molecule has 0 aliphatic carbocycles. The van der Waals surface area contributed by atoms with E-state index in [1.807, 2.05) is 18.2 Å². The van der Waals surface area contributed by atoms with E-state index in [9.17, 15) is 14.0 Å². The summed E-state index contributed by atoms with van der Waals surface area (Å²) in [4.78, 5) is 30.3. The summed E-state index contributed by atoms with van der Waals surface area (Å²) in [6, 6.07) is 11.4. The summed E-state index contributed by atoms with van der Waals surface area (Å²) < 4.78 is 14.7. The lowest BCUT2D eigenvalue weighted by Crippen LogP contribution is -2.39. The van der Waals surface area contributed by atoms with Crippen LogP contribution in [0.4, 0.5) is 4.39 Å². The molecular formula is C21H20ClFN4O2. The van der Waals surface area contributed by atoms with Gasteiger partial charge < -0.3 is 10.2 Å². The highest BCUT2D eigenvalue weighted by molar-refractivity contribution is 6.31. The zero-order chi connectivity index (χ0) is 20.8. The fraction of sp³-hybridized carbons (Fsp3) is 0.190. The van der Waals surface area contributed by atoms with Crippen LogP contribution in [0.25, 0.3) is 11.7 Å². The molecular weight excluding hydrogens is 395 g/mol. The van der Waals surface area contributed by atoms with Crippen molar-refractivity contribution in [2.45, 2.75) is 13.5 Å². The van der Waals surface area contributed by atoms with E-state index >= 15 is 0 Å². The number of hydrogen-bond acceptors (Lipinski definition) is 3. The minimum Gasteiger partial charge on any atom is -0.350 e. The third kappa shape index (κ3) is 5.20. The molecule has 0 aliphatic rings. The molecule has 3 rings (SSSR count). The lowest BCUT2D eigenvalue weighted by atomic mass is 10.2. The molecule has 1 aromatic carbocycles. The molecule has 0 fully saturated rings. The highest BCUT2D eigenvalue weighted by Gasteiger charge is 2.14. The molecule has 0 aliphatic heterocycles. The number of carbonyl (C=O) groups is 2. The number of amides is 2. The molecule has 3 aromatic rings. The number of hydrogen-bond donors (Lipinski definition) is 1. The Bertz CT molecular complexity index is 1050. The van der Waals surface area contributed by atoms with Gasteiger partial charge in [0, 0.05) is 25.4 Å². The molecule has 0 unspecified atom stereocenters. The number of rotatable bonds is 7. The smallest absolute Gasteiger partial charge is 0.247 e. The lowest BCUT2D eigenvalue weighted by molar-refractivity contribution is -0.132. The van der Waals surface area contributed by atoms with E-state index in [0.717, 1.165) is 5.56 Å². The number of aromatic nitrogens is 2. The number of nitrogens with zero attached hydrogens (tertiary/aromatic N) is 3. The summed E-state index contributed by atoms with van der Waals surface area (Å²) in [6.07, 6.45) is 4.77. The summed E-state index contributed by atoms with van der Waals surface area (Å²) in [6.45, 7) is 2.34. The maximum Gasteiger partial charge on any atom is 0.247 e. The molecule has 0 saturated heterocycles. The van der Waals surface area contributed by atoms with Gasteiger partial charge in [-0.1, -0.05) is 29.8 Å². The minimum absolute atomic E-state index is 0.0816. The van der Waals surface area contributed by atoms with Crippen LogP contribution in [0.1, 0.15) is 18.2 Å². The Morgan fingerprint density at radius 2 is 2.00 bits per heavy atom. The van der Waals surface area contributed by atoms with E-state index in [-0.39, 0.29) is 30.7 Å². The predicted molar refractivity (Wildman–Crippen MR) is 110 cm³/mol. The highest BCUT2D eigenvalue weighted by Crippen LogP contribution is 2.19. The van der Waals surface area contributed by atoms with Gasteiger partial charge in [0.15, 0.2) is 5.15 Å². The molecule has 0 spiro atoms. The summed E-state index contributed by atoms with van der Waals surface area (Å²) >= 11 is 6.16. The second kappa shape index (κ2) is 9.34. The Morgan fingerprint density at radius 3 is 2.72 bits per heavy atom. The average Bonchev–Trinajstić information content (AvgIpc) is 3.04. The number of halogens is 2. The van der Waals surface area contributed by atoms with E-state index in [1.54, 1.807) is 35.7 Å². The van der Waals surface area contributed by atoms with E-state index in [4.69, 9.17) is 11.6 Å². The minimum atomic E-state index is -0.333. The van der Waals surface area contributed by atoms with Gasteiger partial charge in [-0.05, 0) is 42.8 Å². The Labute approximate surface area is 172 Å². The van der Waals surface area contributed by atoms with Gasteiger partial charge in [-0.25, -0.2) is 9.37 Å². The van der Waals surface area contributed by atoms with Crippen LogP contribution in [0, 0.1) is 5.82 Å². The van der Waals surface area contributed by atoms with E-state index in [0.29, 0.717) is 23.0 Å². The molecule has 29 heavy (non-hydrogen) atoms. The largest absolute Gasteiger partial charge is 0.350 e. The van der Waals surface area contributed by atoms with Gasteiger partial charge >= 0.3 is 0 Å². The number of carbonyl (C=O) groups excluding carboxylic acids is 2. The maximum atomic E-state index is 12.9. The van der Waals surface area contributed by atoms with Crippen LogP contribution in [-0.4, -0.2) is 39.2 Å². The van der Waals surface area contributed by atoms with Crippen molar-refractivity contribution in [3.8, 4) is 0 Å². The molecule has 6 nitrogen and oxygen atoms in total. The monoisotopic (exact) mass is 414 g/mol. The Balaban J connectivity index is 1.60. The van der Waals surface area contributed by atoms with Crippen molar-refractivity contribution in [1.82, 2.24) is 19.6 Å². The van der Waals surface area contributed by atoms with Gasteiger partial charge in [0.05, 0.1) is 12.2 Å². The van der Waals surface area contributed by atoms with Crippen molar-refractivity contribution >= 4 is 35.1 Å². The molecule has 8 heteroatoms. The van der Waals surface area contributed by atoms with Crippen molar-refractivity contribution in [3.05, 3.63) is 77.0 Å². The van der Waals surface area contributed by atoms with E-state index < -0.39 is 0 Å². The van der Waals surface area contributed by atoms with Gasteiger partial charge in [0.2, 0.25) is 11.8 Å². The van der Waals surface area contributed by atoms with Gasteiger partial charge in [-0.15, -0.1) is 0 Å². The second-order valence-electron chi connectivity index (χ2n) is 6.31. The first-order valence-electron chi connectivity index (χ1n) is 9.08. The quantitative estimate of drug-likeness (QED) is 0.603. The molecule has 0 saturated carbocycles. The number of benzene rings is 1. The Morgan fingerprint density at radius 1 is 1.24 bits per heavy atom. The number of fused-ring (bicyclic) bond motifs is 1. The van der Waals surface area contributed by atoms with E-state index in [2.05, 4.69) is 10.3 Å². The van der Waals surface area contributed by atoms with Crippen LogP contribution >= 0.6 is 11.6 Å². The summed E-state index contributed by atoms with van der Waals surface area (Å²) in [5, 5.41) is 3.02. The molecule has 0 atom stereocenters. The normalized spacial score (nSPS) is 11.1. The predicted octanol–water partition coefficient (Wildman–Crippen LogP) is 3.30. The number of nitrogens with one attached hydrogen (secondary N) is 1. The van der Waals surface area contributed by atoms with Gasteiger partial charge in [0.25, 0.3) is 0 Å². The number of imidazole rings is 1. The fourth-order valence-corrected chi connectivity index (χ4v) is 3.01. The van der Waals surface area contributed by atoms with Gasteiger partial charge in [-0.3, -0.25) is 14.0 Å². The number of likely N-dealkylation sites (N-methyl/N-ethyl adjacent to an activating group) is 1. The van der Waals surface area contributed by atoms with Crippen molar-refractivity contribution in [3.63, 3.8) is 0 Å². The van der Waals surface area contributed by atoms with Gasteiger partial charge in [0.1, 0.15) is 11.5 Å². The van der Waals surface area contributed by atoms with Gasteiger partial charge in [-0.2, -0.15) is 0 Å².